The molecule has 1 aliphatic carbocycles. The molecule has 1 aromatic carbocycles. The van der Waals surface area contributed by atoms with Gasteiger partial charge in [-0.05, 0) is 24.6 Å². The summed E-state index contributed by atoms with van der Waals surface area (Å²) in [6.07, 6.45) is 0.549. The molecule has 1 aromatic rings. The summed E-state index contributed by atoms with van der Waals surface area (Å²) in [5, 5.41) is 3.06. The molecule has 1 aliphatic rings. The fraction of sp³-hybridized carbons (Fsp3) is 0.667. The lowest BCUT2D eigenvalue weighted by atomic mass is 9.54. The molecule has 0 radical (unpaired) electrons. The average molecular weight is 415 g/mol. The summed E-state index contributed by atoms with van der Waals surface area (Å²) in [7, 11) is 3.22. The van der Waals surface area contributed by atoms with E-state index in [1.165, 1.54) is 0 Å². The highest BCUT2D eigenvalue weighted by molar-refractivity contribution is 5.89. The lowest BCUT2D eigenvalue weighted by molar-refractivity contribution is -0.170. The maximum atomic E-state index is 12.9. The van der Waals surface area contributed by atoms with Gasteiger partial charge in [0.1, 0.15) is 5.54 Å². The van der Waals surface area contributed by atoms with Gasteiger partial charge in [0.2, 0.25) is 5.91 Å². The van der Waals surface area contributed by atoms with Gasteiger partial charge < -0.3 is 25.3 Å². The molecule has 3 N–H and O–H groups in total. The Hall–Kier alpha value is -1.50. The fourth-order valence-corrected chi connectivity index (χ4v) is 3.64. The number of carbonyl (C=O) groups excluding carboxylic acids is 1. The van der Waals surface area contributed by atoms with Crippen LogP contribution in [0.1, 0.15) is 46.6 Å². The van der Waals surface area contributed by atoms with Crippen LogP contribution < -0.4 is 20.5 Å². The molecule has 7 heteroatoms. The van der Waals surface area contributed by atoms with Crippen LogP contribution in [-0.2, 0) is 14.9 Å². The molecule has 6 nitrogen and oxygen atoms in total. The van der Waals surface area contributed by atoms with E-state index in [1.807, 2.05) is 39.0 Å². The normalized spacial score (nSPS) is 23.2. The highest BCUT2D eigenvalue weighted by Gasteiger charge is 2.62. The molecule has 0 bridgehead atoms. The van der Waals surface area contributed by atoms with Gasteiger partial charge in [0.05, 0.1) is 20.3 Å². The average Bonchev–Trinajstić information content (AvgIpc) is 2.65. The standard InChI is InChI=1S/C21H34N2O4.ClH/c1-8-27-17-12-21(22,20(17,4)5)18(24)23-13-19(2,3)14-9-10-15(25-6)16(11-14)26-7;/h9-11,17H,8,12-13,22H2,1-7H3,(H,23,24);1H. The number of carbonyl (C=O) groups is 1. The lowest BCUT2D eigenvalue weighted by Crippen LogP contribution is -2.76. The Bertz CT molecular complexity index is 693. The molecule has 1 amide bonds. The van der Waals surface area contributed by atoms with Gasteiger partial charge in [-0.1, -0.05) is 33.8 Å². The van der Waals surface area contributed by atoms with Crippen molar-refractivity contribution in [2.24, 2.45) is 11.1 Å². The first-order valence-corrected chi connectivity index (χ1v) is 9.44. The maximum absolute atomic E-state index is 12.9. The molecule has 0 aromatic heterocycles. The SMILES string of the molecule is CCOC1CC(N)(C(=O)NCC(C)(C)c2ccc(OC)c(OC)c2)C1(C)C.Cl. The molecule has 0 saturated heterocycles. The molecule has 28 heavy (non-hydrogen) atoms. The molecule has 1 fully saturated rings. The second kappa shape index (κ2) is 8.89. The number of hydrogen-bond acceptors (Lipinski definition) is 5. The number of nitrogens with one attached hydrogen (secondary N) is 1. The van der Waals surface area contributed by atoms with Gasteiger partial charge in [-0.15, -0.1) is 12.4 Å². The number of halogens is 1. The van der Waals surface area contributed by atoms with Crippen molar-refractivity contribution in [2.45, 2.75) is 58.1 Å². The van der Waals surface area contributed by atoms with Crippen molar-refractivity contribution in [3.63, 3.8) is 0 Å². The van der Waals surface area contributed by atoms with Crippen molar-refractivity contribution in [1.29, 1.82) is 0 Å². The third-order valence-corrected chi connectivity index (χ3v) is 6.09. The van der Waals surface area contributed by atoms with Gasteiger partial charge in [-0.3, -0.25) is 4.79 Å². The van der Waals surface area contributed by atoms with E-state index in [9.17, 15) is 4.79 Å². The molecule has 160 valence electrons. The van der Waals surface area contributed by atoms with Gasteiger partial charge in [0, 0.05) is 30.4 Å². The first kappa shape index (κ1) is 24.5. The largest absolute Gasteiger partial charge is 0.493 e. The third kappa shape index (κ3) is 4.24. The van der Waals surface area contributed by atoms with E-state index in [1.54, 1.807) is 14.2 Å². The first-order chi connectivity index (χ1) is 12.5. The van der Waals surface area contributed by atoms with Crippen LogP contribution in [0.2, 0.25) is 0 Å². The van der Waals surface area contributed by atoms with Crippen LogP contribution in [-0.4, -0.2) is 44.9 Å². The molecule has 2 rings (SSSR count). The van der Waals surface area contributed by atoms with Crippen LogP contribution in [0.3, 0.4) is 0 Å². The number of amides is 1. The zero-order valence-electron chi connectivity index (χ0n) is 18.0. The molecule has 2 atom stereocenters. The number of nitrogens with two attached hydrogens (primary N) is 1. The number of ether oxygens (including phenoxy) is 3. The van der Waals surface area contributed by atoms with E-state index in [0.29, 0.717) is 31.1 Å². The van der Waals surface area contributed by atoms with E-state index in [2.05, 4.69) is 19.2 Å². The number of hydrogen-bond donors (Lipinski definition) is 2. The van der Waals surface area contributed by atoms with Crippen molar-refractivity contribution >= 4 is 18.3 Å². The van der Waals surface area contributed by atoms with E-state index in [-0.39, 0.29) is 29.8 Å². The van der Waals surface area contributed by atoms with Crippen LogP contribution in [0.5, 0.6) is 11.5 Å². The van der Waals surface area contributed by atoms with Crippen molar-refractivity contribution in [1.82, 2.24) is 5.32 Å². The monoisotopic (exact) mass is 414 g/mol. The Morgan fingerprint density at radius 3 is 2.36 bits per heavy atom. The summed E-state index contributed by atoms with van der Waals surface area (Å²) in [5.41, 5.74) is 5.90. The summed E-state index contributed by atoms with van der Waals surface area (Å²) >= 11 is 0. The van der Waals surface area contributed by atoms with Crippen molar-refractivity contribution in [2.75, 3.05) is 27.4 Å². The number of rotatable bonds is 8. The highest BCUT2D eigenvalue weighted by atomic mass is 35.5. The molecular formula is C21H35ClN2O4. The molecule has 1 saturated carbocycles. The maximum Gasteiger partial charge on any atom is 0.240 e. The van der Waals surface area contributed by atoms with Gasteiger partial charge in [0.25, 0.3) is 0 Å². The summed E-state index contributed by atoms with van der Waals surface area (Å²) in [4.78, 5) is 12.9. The Morgan fingerprint density at radius 2 is 1.86 bits per heavy atom. The van der Waals surface area contributed by atoms with Crippen molar-refractivity contribution in [3.05, 3.63) is 23.8 Å². The second-order valence-electron chi connectivity index (χ2n) is 8.48. The third-order valence-electron chi connectivity index (χ3n) is 6.09. The Kier molecular flexibility index (Phi) is 7.79. The van der Waals surface area contributed by atoms with Crippen LogP contribution >= 0.6 is 12.4 Å². The van der Waals surface area contributed by atoms with E-state index >= 15 is 0 Å². The Labute approximate surface area is 174 Å². The van der Waals surface area contributed by atoms with E-state index in [4.69, 9.17) is 19.9 Å². The zero-order chi connectivity index (χ0) is 20.5. The van der Waals surface area contributed by atoms with Gasteiger partial charge >= 0.3 is 0 Å². The minimum Gasteiger partial charge on any atom is -0.493 e. The summed E-state index contributed by atoms with van der Waals surface area (Å²) in [6.45, 7) is 11.2. The zero-order valence-corrected chi connectivity index (χ0v) is 18.9. The van der Waals surface area contributed by atoms with Gasteiger partial charge in [-0.2, -0.15) is 0 Å². The molecular weight excluding hydrogens is 380 g/mol. The van der Waals surface area contributed by atoms with Crippen LogP contribution in [0.4, 0.5) is 0 Å². The predicted molar refractivity (Wildman–Crippen MR) is 114 cm³/mol. The number of benzene rings is 1. The molecule has 0 aliphatic heterocycles. The predicted octanol–water partition coefficient (Wildman–Crippen LogP) is 3.05. The van der Waals surface area contributed by atoms with Crippen molar-refractivity contribution < 1.29 is 19.0 Å². The van der Waals surface area contributed by atoms with Crippen LogP contribution in [0.25, 0.3) is 0 Å². The smallest absolute Gasteiger partial charge is 0.240 e. The minimum atomic E-state index is -0.916. The quantitative estimate of drug-likeness (QED) is 0.683. The highest BCUT2D eigenvalue weighted by Crippen LogP contribution is 2.49. The van der Waals surface area contributed by atoms with E-state index in [0.717, 1.165) is 5.56 Å². The number of methoxy groups -OCH3 is 2. The summed E-state index contributed by atoms with van der Waals surface area (Å²) < 4.78 is 16.4. The van der Waals surface area contributed by atoms with Gasteiger partial charge in [0.15, 0.2) is 11.5 Å². The van der Waals surface area contributed by atoms with E-state index < -0.39 is 11.0 Å². The minimum absolute atomic E-state index is 0. The Morgan fingerprint density at radius 1 is 1.25 bits per heavy atom. The van der Waals surface area contributed by atoms with Crippen LogP contribution in [0.15, 0.2) is 18.2 Å². The fourth-order valence-electron chi connectivity index (χ4n) is 3.64. The van der Waals surface area contributed by atoms with Crippen LogP contribution in [0, 0.1) is 5.41 Å². The molecule has 2 unspecified atom stereocenters. The first-order valence-electron chi connectivity index (χ1n) is 9.44. The lowest BCUT2D eigenvalue weighted by Gasteiger charge is -2.57. The van der Waals surface area contributed by atoms with Crippen molar-refractivity contribution in [3.8, 4) is 11.5 Å². The summed E-state index contributed by atoms with van der Waals surface area (Å²) in [6, 6.07) is 5.82. The topological polar surface area (TPSA) is 82.8 Å². The summed E-state index contributed by atoms with van der Waals surface area (Å²) in [5.74, 6) is 1.22. The van der Waals surface area contributed by atoms with Gasteiger partial charge in [-0.25, -0.2) is 0 Å². The molecule has 0 heterocycles. The second-order valence-corrected chi connectivity index (χ2v) is 8.48. The Balaban J connectivity index is 0.00000392. The molecule has 0 spiro atoms.